The summed E-state index contributed by atoms with van der Waals surface area (Å²) in [4.78, 5) is 14.8. The number of guanidine groups is 1. The number of hydrogen-bond donors (Lipinski definition) is 2. The molecule has 0 spiro atoms. The van der Waals surface area contributed by atoms with Gasteiger partial charge in [0, 0.05) is 24.8 Å². The van der Waals surface area contributed by atoms with Gasteiger partial charge in [-0.3, -0.25) is 4.99 Å². The van der Waals surface area contributed by atoms with Crippen LogP contribution in [0.3, 0.4) is 0 Å². The smallest absolute Gasteiger partial charge is 0.226 e. The lowest BCUT2D eigenvalue weighted by Gasteiger charge is -2.27. The number of nitrogens with one attached hydrogen (secondary N) is 1. The van der Waals surface area contributed by atoms with Gasteiger partial charge in [0.2, 0.25) is 5.88 Å². The number of aliphatic imine (C=N–C) groups is 1. The Hall–Kier alpha value is -3.52. The number of nitrogens with zero attached hydrogens (tertiary/aromatic N) is 5. The lowest BCUT2D eigenvalue weighted by molar-refractivity contribution is 0.0674. The second kappa shape index (κ2) is 12.4. The van der Waals surface area contributed by atoms with Crippen molar-refractivity contribution < 1.29 is 14.2 Å². The third-order valence-corrected chi connectivity index (χ3v) is 6.16. The third-order valence-electron chi connectivity index (χ3n) is 5.42. The van der Waals surface area contributed by atoms with Gasteiger partial charge in [-0.25, -0.2) is 9.97 Å². The molecule has 1 fully saturated rings. The molecule has 10 nitrogen and oxygen atoms in total. The van der Waals surface area contributed by atoms with Gasteiger partial charge in [0.1, 0.15) is 18.7 Å². The van der Waals surface area contributed by atoms with Crippen LogP contribution in [-0.4, -0.2) is 67.0 Å². The standard InChI is InChI=1S/C24H25Cl2N7O3/c25-20-4-1-17(9-21(20)26)32-15-36-23-19-3-2-18(10-22(19)30-14-31-23)35-13-16(11-27)12-29-24(28)33-5-7-34-8-6-33/h1-4,9-10,14,16,32H,5-8,12-13,15H2,(H2,28,29). The molecule has 1 atom stereocenters. The monoisotopic (exact) mass is 529 g/mol. The largest absolute Gasteiger partial charge is 0.492 e. The van der Waals surface area contributed by atoms with E-state index in [1.807, 2.05) is 11.0 Å². The van der Waals surface area contributed by atoms with Gasteiger partial charge >= 0.3 is 0 Å². The first-order valence-electron chi connectivity index (χ1n) is 11.2. The summed E-state index contributed by atoms with van der Waals surface area (Å²) in [5.41, 5.74) is 7.46. The van der Waals surface area contributed by atoms with E-state index in [2.05, 4.69) is 26.3 Å². The zero-order chi connectivity index (χ0) is 25.3. The second-order valence-electron chi connectivity index (χ2n) is 7.89. The highest BCUT2D eigenvalue weighted by molar-refractivity contribution is 6.42. The molecule has 3 N–H and O–H groups in total. The van der Waals surface area contributed by atoms with Gasteiger partial charge < -0.3 is 30.2 Å². The average molecular weight is 530 g/mol. The van der Waals surface area contributed by atoms with Crippen LogP contribution in [0.15, 0.2) is 47.7 Å². The van der Waals surface area contributed by atoms with Crippen molar-refractivity contribution in [2.75, 3.05) is 51.5 Å². The fraction of sp³-hybridized carbons (Fsp3) is 0.333. The Morgan fingerprint density at radius 2 is 2.00 bits per heavy atom. The SMILES string of the molecule is N#CC(CN=C(N)N1CCOCC1)COc1ccc2c(OCNc3ccc(Cl)c(Cl)c3)ncnc2c1. The number of halogens is 2. The zero-order valence-electron chi connectivity index (χ0n) is 19.4. The molecule has 0 saturated carbocycles. The molecule has 1 aliphatic heterocycles. The number of hydrogen-bond acceptors (Lipinski definition) is 8. The Labute approximate surface area is 218 Å². The normalized spacial score (nSPS) is 14.8. The lowest BCUT2D eigenvalue weighted by atomic mass is 10.2. The summed E-state index contributed by atoms with van der Waals surface area (Å²) in [7, 11) is 0. The molecule has 1 unspecified atom stereocenters. The maximum absolute atomic E-state index is 9.50. The minimum Gasteiger partial charge on any atom is -0.492 e. The number of fused-ring (bicyclic) bond motifs is 1. The molecule has 188 valence electrons. The average Bonchev–Trinajstić information content (AvgIpc) is 2.91. The highest BCUT2D eigenvalue weighted by atomic mass is 35.5. The Morgan fingerprint density at radius 1 is 1.17 bits per heavy atom. The van der Waals surface area contributed by atoms with E-state index in [4.69, 9.17) is 43.1 Å². The highest BCUT2D eigenvalue weighted by Crippen LogP contribution is 2.27. The molecule has 1 aliphatic rings. The molecule has 0 aliphatic carbocycles. The van der Waals surface area contributed by atoms with Crippen molar-refractivity contribution >= 4 is 45.8 Å². The van der Waals surface area contributed by atoms with E-state index in [9.17, 15) is 5.26 Å². The van der Waals surface area contributed by atoms with Crippen LogP contribution in [0.1, 0.15) is 0 Å². The molecule has 1 saturated heterocycles. The molecule has 0 bridgehead atoms. The lowest BCUT2D eigenvalue weighted by Crippen LogP contribution is -2.45. The summed E-state index contributed by atoms with van der Waals surface area (Å²) in [5.74, 6) is 0.965. The predicted octanol–water partition coefficient (Wildman–Crippen LogP) is 3.55. The Kier molecular flexibility index (Phi) is 8.84. The van der Waals surface area contributed by atoms with Crippen LogP contribution in [0.4, 0.5) is 5.69 Å². The first kappa shape index (κ1) is 25.6. The van der Waals surface area contributed by atoms with Crippen molar-refractivity contribution in [1.29, 1.82) is 5.26 Å². The van der Waals surface area contributed by atoms with E-state index in [1.54, 1.807) is 30.3 Å². The third kappa shape index (κ3) is 6.79. The van der Waals surface area contributed by atoms with Gasteiger partial charge in [-0.05, 0) is 30.3 Å². The number of nitrogens with two attached hydrogens (primary N) is 1. The summed E-state index contributed by atoms with van der Waals surface area (Å²) < 4.78 is 16.9. The number of nitriles is 1. The van der Waals surface area contributed by atoms with Crippen molar-refractivity contribution in [2.45, 2.75) is 0 Å². The van der Waals surface area contributed by atoms with E-state index < -0.39 is 5.92 Å². The van der Waals surface area contributed by atoms with Gasteiger partial charge in [0.25, 0.3) is 0 Å². The first-order valence-corrected chi connectivity index (χ1v) is 12.0. The van der Waals surface area contributed by atoms with E-state index in [1.165, 1.54) is 6.33 Å². The van der Waals surface area contributed by atoms with Gasteiger partial charge in [0.05, 0.1) is 52.7 Å². The summed E-state index contributed by atoms with van der Waals surface area (Å²) in [5, 5.41) is 14.3. The molecule has 1 aromatic heterocycles. The van der Waals surface area contributed by atoms with Gasteiger partial charge in [-0.2, -0.15) is 5.26 Å². The molecule has 4 rings (SSSR count). The molecule has 2 heterocycles. The minimum atomic E-state index is -0.447. The predicted molar refractivity (Wildman–Crippen MR) is 139 cm³/mol. The van der Waals surface area contributed by atoms with Gasteiger partial charge in [-0.1, -0.05) is 23.2 Å². The van der Waals surface area contributed by atoms with Crippen molar-refractivity contribution in [3.8, 4) is 17.7 Å². The molecular weight excluding hydrogens is 505 g/mol. The zero-order valence-corrected chi connectivity index (χ0v) is 20.9. The van der Waals surface area contributed by atoms with Crippen LogP contribution in [0, 0.1) is 17.2 Å². The maximum Gasteiger partial charge on any atom is 0.226 e. The molecule has 2 aromatic carbocycles. The van der Waals surface area contributed by atoms with Crippen LogP contribution in [0.5, 0.6) is 11.6 Å². The topological polar surface area (TPSA) is 131 Å². The van der Waals surface area contributed by atoms with E-state index in [0.717, 1.165) is 11.1 Å². The first-order chi connectivity index (χ1) is 17.5. The Bertz CT molecular complexity index is 1260. The van der Waals surface area contributed by atoms with Crippen molar-refractivity contribution in [3.63, 3.8) is 0 Å². The minimum absolute atomic E-state index is 0.167. The van der Waals surface area contributed by atoms with Crippen LogP contribution >= 0.6 is 23.2 Å². The summed E-state index contributed by atoms with van der Waals surface area (Å²) in [6, 6.07) is 12.8. The number of rotatable bonds is 9. The summed E-state index contributed by atoms with van der Waals surface area (Å²) >= 11 is 12.0. The quantitative estimate of drug-likeness (QED) is 0.242. The van der Waals surface area contributed by atoms with Crippen LogP contribution in [0.2, 0.25) is 10.0 Å². The fourth-order valence-corrected chi connectivity index (χ4v) is 3.73. The summed E-state index contributed by atoms with van der Waals surface area (Å²) in [6.07, 6.45) is 1.42. The molecule has 0 radical (unpaired) electrons. The fourth-order valence-electron chi connectivity index (χ4n) is 3.43. The van der Waals surface area contributed by atoms with Crippen molar-refractivity contribution in [1.82, 2.24) is 14.9 Å². The maximum atomic E-state index is 9.50. The van der Waals surface area contributed by atoms with E-state index in [0.29, 0.717) is 59.5 Å². The number of morpholine rings is 1. The Balaban J connectivity index is 1.33. The van der Waals surface area contributed by atoms with Crippen molar-refractivity contribution in [2.24, 2.45) is 16.6 Å². The second-order valence-corrected chi connectivity index (χ2v) is 8.70. The van der Waals surface area contributed by atoms with Crippen LogP contribution in [0.25, 0.3) is 10.9 Å². The molecular formula is C24H25Cl2N7O3. The van der Waals surface area contributed by atoms with E-state index >= 15 is 0 Å². The van der Waals surface area contributed by atoms with E-state index in [-0.39, 0.29) is 19.9 Å². The van der Waals surface area contributed by atoms with Crippen molar-refractivity contribution in [3.05, 3.63) is 52.8 Å². The van der Waals surface area contributed by atoms with Gasteiger partial charge in [0.15, 0.2) is 12.7 Å². The molecule has 36 heavy (non-hydrogen) atoms. The molecule has 12 heteroatoms. The van der Waals surface area contributed by atoms with Crippen LogP contribution < -0.4 is 20.5 Å². The number of anilines is 1. The molecule has 3 aromatic rings. The van der Waals surface area contributed by atoms with Gasteiger partial charge in [-0.15, -0.1) is 0 Å². The number of ether oxygens (including phenoxy) is 3. The highest BCUT2D eigenvalue weighted by Gasteiger charge is 2.14. The van der Waals surface area contributed by atoms with Crippen LogP contribution in [-0.2, 0) is 4.74 Å². The Morgan fingerprint density at radius 3 is 2.78 bits per heavy atom. The number of aromatic nitrogens is 2. The number of benzene rings is 2. The summed E-state index contributed by atoms with van der Waals surface area (Å²) in [6.45, 7) is 3.21. The molecule has 0 amide bonds.